The van der Waals surface area contributed by atoms with Crippen LogP contribution < -0.4 is 5.32 Å². The van der Waals surface area contributed by atoms with Crippen molar-refractivity contribution in [3.8, 4) is 0 Å². The fraction of sp³-hybridized carbons (Fsp3) is 0.250. The Morgan fingerprint density at radius 2 is 2.27 bits per heavy atom. The third-order valence-electron chi connectivity index (χ3n) is 2.49. The second-order valence-corrected chi connectivity index (χ2v) is 3.61. The van der Waals surface area contributed by atoms with E-state index in [0.717, 1.165) is 12.2 Å². The summed E-state index contributed by atoms with van der Waals surface area (Å²) < 4.78 is 2.13. The van der Waals surface area contributed by atoms with Crippen molar-refractivity contribution in [1.29, 1.82) is 0 Å². The molecule has 0 aliphatic carbocycles. The minimum Gasteiger partial charge on any atom is -0.388 e. The van der Waals surface area contributed by atoms with Gasteiger partial charge < -0.3 is 9.88 Å². The number of nitrogens with one attached hydrogen (secondary N) is 1. The van der Waals surface area contributed by atoms with Gasteiger partial charge in [0.2, 0.25) is 0 Å². The summed E-state index contributed by atoms with van der Waals surface area (Å²) in [7, 11) is 1.93. The van der Waals surface area contributed by atoms with Gasteiger partial charge in [-0.15, -0.1) is 0 Å². The molecular formula is C12H15N3. The number of aryl methyl sites for hydroxylation is 1. The molecule has 3 nitrogen and oxygen atoms in total. The van der Waals surface area contributed by atoms with Crippen molar-refractivity contribution in [3.05, 3.63) is 48.0 Å². The molecule has 1 aromatic heterocycles. The van der Waals surface area contributed by atoms with E-state index in [9.17, 15) is 0 Å². The zero-order valence-corrected chi connectivity index (χ0v) is 9.07. The minimum atomic E-state index is 0.876. The standard InChI is InChI=1S/C12H15N3/c1-10-7-14-9-15(10)8-11-4-3-5-12(6-11)13-2/h3-7,9,13H,8H2,1-2H3. The molecule has 0 radical (unpaired) electrons. The fourth-order valence-corrected chi connectivity index (χ4v) is 1.57. The van der Waals surface area contributed by atoms with Crippen LogP contribution in [0.4, 0.5) is 5.69 Å². The Morgan fingerprint density at radius 1 is 1.40 bits per heavy atom. The van der Waals surface area contributed by atoms with Gasteiger partial charge in [0.25, 0.3) is 0 Å². The Morgan fingerprint density at radius 3 is 2.93 bits per heavy atom. The lowest BCUT2D eigenvalue weighted by Gasteiger charge is -2.07. The number of aromatic nitrogens is 2. The molecule has 2 rings (SSSR count). The largest absolute Gasteiger partial charge is 0.388 e. The highest BCUT2D eigenvalue weighted by Gasteiger charge is 1.98. The molecule has 0 saturated heterocycles. The van der Waals surface area contributed by atoms with E-state index in [-0.39, 0.29) is 0 Å². The van der Waals surface area contributed by atoms with Crippen molar-refractivity contribution in [3.63, 3.8) is 0 Å². The molecule has 78 valence electrons. The summed E-state index contributed by atoms with van der Waals surface area (Å²) in [6.07, 6.45) is 3.74. The molecule has 0 bridgehead atoms. The quantitative estimate of drug-likeness (QED) is 0.825. The Kier molecular flexibility index (Phi) is 2.72. The maximum absolute atomic E-state index is 4.11. The van der Waals surface area contributed by atoms with E-state index in [2.05, 4.69) is 46.1 Å². The summed E-state index contributed by atoms with van der Waals surface area (Å²) in [5.41, 5.74) is 3.61. The van der Waals surface area contributed by atoms with Gasteiger partial charge in [0.1, 0.15) is 0 Å². The van der Waals surface area contributed by atoms with Gasteiger partial charge in [-0.1, -0.05) is 12.1 Å². The van der Waals surface area contributed by atoms with Crippen molar-refractivity contribution < 1.29 is 0 Å². The Labute approximate surface area is 89.8 Å². The Hall–Kier alpha value is -1.77. The molecule has 0 aliphatic rings. The molecule has 3 heteroatoms. The number of imidazole rings is 1. The smallest absolute Gasteiger partial charge is 0.0951 e. The van der Waals surface area contributed by atoms with Crippen molar-refractivity contribution in [1.82, 2.24) is 9.55 Å². The zero-order chi connectivity index (χ0) is 10.7. The average Bonchev–Trinajstić information content (AvgIpc) is 2.65. The van der Waals surface area contributed by atoms with Crippen molar-refractivity contribution in [2.24, 2.45) is 0 Å². The SMILES string of the molecule is CNc1cccc(Cn2cncc2C)c1. The van der Waals surface area contributed by atoms with Gasteiger partial charge >= 0.3 is 0 Å². The molecule has 1 N–H and O–H groups in total. The normalized spacial score (nSPS) is 10.3. The maximum Gasteiger partial charge on any atom is 0.0951 e. The number of benzene rings is 1. The first kappa shape index (κ1) is 9.77. The van der Waals surface area contributed by atoms with E-state index in [0.29, 0.717) is 0 Å². The first-order valence-electron chi connectivity index (χ1n) is 5.03. The third-order valence-corrected chi connectivity index (χ3v) is 2.49. The molecule has 0 fully saturated rings. The predicted octanol–water partition coefficient (Wildman–Crippen LogP) is 2.28. The molecule has 0 saturated carbocycles. The highest BCUT2D eigenvalue weighted by Crippen LogP contribution is 2.11. The number of hydrogen-bond donors (Lipinski definition) is 1. The summed E-state index contributed by atoms with van der Waals surface area (Å²) in [6.45, 7) is 2.94. The summed E-state index contributed by atoms with van der Waals surface area (Å²) in [4.78, 5) is 4.11. The number of hydrogen-bond acceptors (Lipinski definition) is 2. The molecule has 1 aromatic carbocycles. The monoisotopic (exact) mass is 201 g/mol. The lowest BCUT2D eigenvalue weighted by Crippen LogP contribution is -2.00. The van der Waals surface area contributed by atoms with Crippen LogP contribution in [0.3, 0.4) is 0 Å². The molecule has 0 spiro atoms. The molecule has 0 atom stereocenters. The van der Waals surface area contributed by atoms with Gasteiger partial charge in [-0.25, -0.2) is 4.98 Å². The van der Waals surface area contributed by atoms with Gasteiger partial charge in [-0.2, -0.15) is 0 Å². The van der Waals surface area contributed by atoms with E-state index in [1.165, 1.54) is 11.3 Å². The number of anilines is 1. The van der Waals surface area contributed by atoms with Crippen LogP contribution in [0.5, 0.6) is 0 Å². The number of rotatable bonds is 3. The molecule has 2 aromatic rings. The van der Waals surface area contributed by atoms with Crippen LogP contribution in [0, 0.1) is 6.92 Å². The number of nitrogens with zero attached hydrogens (tertiary/aromatic N) is 2. The fourth-order valence-electron chi connectivity index (χ4n) is 1.57. The third kappa shape index (κ3) is 2.18. The first-order chi connectivity index (χ1) is 7.29. The van der Waals surface area contributed by atoms with Crippen LogP contribution in [0.2, 0.25) is 0 Å². The first-order valence-corrected chi connectivity index (χ1v) is 5.03. The molecular weight excluding hydrogens is 186 g/mol. The van der Waals surface area contributed by atoms with E-state index >= 15 is 0 Å². The highest BCUT2D eigenvalue weighted by molar-refractivity contribution is 5.45. The van der Waals surface area contributed by atoms with E-state index < -0.39 is 0 Å². The van der Waals surface area contributed by atoms with Gasteiger partial charge in [0.15, 0.2) is 0 Å². The second-order valence-electron chi connectivity index (χ2n) is 3.61. The van der Waals surface area contributed by atoms with Crippen LogP contribution in [0.25, 0.3) is 0 Å². The Balaban J connectivity index is 2.21. The maximum atomic E-state index is 4.11. The Bertz CT molecular complexity index is 446. The van der Waals surface area contributed by atoms with Crippen LogP contribution in [0.1, 0.15) is 11.3 Å². The van der Waals surface area contributed by atoms with Crippen LogP contribution >= 0.6 is 0 Å². The van der Waals surface area contributed by atoms with Gasteiger partial charge in [-0.05, 0) is 24.6 Å². The van der Waals surface area contributed by atoms with Gasteiger partial charge in [0, 0.05) is 31.2 Å². The molecule has 15 heavy (non-hydrogen) atoms. The molecule has 0 aliphatic heterocycles. The summed E-state index contributed by atoms with van der Waals surface area (Å²) in [5.74, 6) is 0. The topological polar surface area (TPSA) is 29.9 Å². The van der Waals surface area contributed by atoms with E-state index in [1.807, 2.05) is 19.6 Å². The van der Waals surface area contributed by atoms with Gasteiger partial charge in [0.05, 0.1) is 6.33 Å². The highest BCUT2D eigenvalue weighted by atomic mass is 15.0. The van der Waals surface area contributed by atoms with Crippen molar-refractivity contribution in [2.45, 2.75) is 13.5 Å². The van der Waals surface area contributed by atoms with E-state index in [1.54, 1.807) is 0 Å². The van der Waals surface area contributed by atoms with Crippen molar-refractivity contribution >= 4 is 5.69 Å². The molecule has 1 heterocycles. The minimum absolute atomic E-state index is 0.876. The average molecular weight is 201 g/mol. The van der Waals surface area contributed by atoms with Gasteiger partial charge in [-0.3, -0.25) is 0 Å². The zero-order valence-electron chi connectivity index (χ0n) is 9.07. The predicted molar refractivity (Wildman–Crippen MR) is 62.1 cm³/mol. The summed E-state index contributed by atoms with van der Waals surface area (Å²) in [5, 5.41) is 3.14. The lowest BCUT2D eigenvalue weighted by atomic mass is 10.2. The summed E-state index contributed by atoms with van der Waals surface area (Å²) in [6, 6.07) is 8.40. The molecule has 0 unspecified atom stereocenters. The molecule has 0 amide bonds. The lowest BCUT2D eigenvalue weighted by molar-refractivity contribution is 0.770. The van der Waals surface area contributed by atoms with Crippen LogP contribution in [0.15, 0.2) is 36.8 Å². The van der Waals surface area contributed by atoms with E-state index in [4.69, 9.17) is 0 Å². The second kappa shape index (κ2) is 4.17. The van der Waals surface area contributed by atoms with Crippen molar-refractivity contribution in [2.75, 3.05) is 12.4 Å². The van der Waals surface area contributed by atoms with Crippen LogP contribution in [-0.4, -0.2) is 16.6 Å². The van der Waals surface area contributed by atoms with Crippen LogP contribution in [-0.2, 0) is 6.54 Å². The summed E-state index contributed by atoms with van der Waals surface area (Å²) >= 11 is 0.